The normalized spacial score (nSPS) is 13.8. The molecule has 17 nitrogen and oxygen atoms in total. The van der Waals surface area contributed by atoms with E-state index in [1.54, 1.807) is 0 Å². The fourth-order valence-electron chi connectivity index (χ4n) is 12.8. The van der Waals surface area contributed by atoms with Gasteiger partial charge in [0.15, 0.2) is 12.2 Å². The molecule has 5 atom stereocenters. The van der Waals surface area contributed by atoms with Gasteiger partial charge in [-0.2, -0.15) is 0 Å². The van der Waals surface area contributed by atoms with E-state index in [1.165, 1.54) is 263 Å². The van der Waals surface area contributed by atoms with Crippen molar-refractivity contribution >= 4 is 39.5 Å². The standard InChI is InChI=1S/C82H160O17P2/c1-6-9-12-15-18-21-24-26-28-32-36-41-46-51-56-61-66-80(85)93-72-78(99-82(87)68-63-58-53-48-43-38-34-30-31-35-40-44-49-54-59-64-75(4)5)74-97-101(90,91)95-70-76(83)69-94-100(88,89)96-73-77(71-92-79(84)65-60-55-50-45-39-23-20-17-14-11-8-3)98-81(86)67-62-57-52-47-42-37-33-29-27-25-22-19-16-13-10-7-2/h75-78,83H,6-74H2,1-5H3,(H,88,89)(H,90,91)/t76-,77+,78+/m0/s1. The van der Waals surface area contributed by atoms with Crippen LogP contribution >= 0.6 is 15.6 Å². The molecule has 0 aromatic rings. The van der Waals surface area contributed by atoms with Gasteiger partial charge in [0.1, 0.15) is 19.3 Å². The Balaban J connectivity index is 5.25. The molecule has 0 aliphatic carbocycles. The molecule has 600 valence electrons. The largest absolute Gasteiger partial charge is 0.472 e. The third kappa shape index (κ3) is 76.1. The second-order valence-electron chi connectivity index (χ2n) is 30.0. The Morgan fingerprint density at radius 1 is 0.267 bits per heavy atom. The Kier molecular flexibility index (Phi) is 73.5. The van der Waals surface area contributed by atoms with Gasteiger partial charge in [-0.25, -0.2) is 9.13 Å². The Bertz CT molecular complexity index is 1930. The number of phosphoric ester groups is 2. The van der Waals surface area contributed by atoms with Gasteiger partial charge >= 0.3 is 39.5 Å². The number of hydrogen-bond donors (Lipinski definition) is 3. The van der Waals surface area contributed by atoms with Crippen LogP contribution in [0.15, 0.2) is 0 Å². The lowest BCUT2D eigenvalue weighted by Gasteiger charge is -2.21. The molecule has 0 rings (SSSR count). The van der Waals surface area contributed by atoms with E-state index in [0.29, 0.717) is 25.7 Å². The van der Waals surface area contributed by atoms with Crippen molar-refractivity contribution in [1.29, 1.82) is 0 Å². The van der Waals surface area contributed by atoms with E-state index >= 15 is 0 Å². The van der Waals surface area contributed by atoms with Crippen LogP contribution in [0.1, 0.15) is 439 Å². The van der Waals surface area contributed by atoms with Gasteiger partial charge in [-0.05, 0) is 31.6 Å². The van der Waals surface area contributed by atoms with Crippen molar-refractivity contribution in [3.8, 4) is 0 Å². The number of rotatable bonds is 82. The highest BCUT2D eigenvalue weighted by Gasteiger charge is 2.30. The van der Waals surface area contributed by atoms with E-state index < -0.39 is 97.5 Å². The molecule has 19 heteroatoms. The average molecular weight is 1480 g/mol. The first kappa shape index (κ1) is 99.1. The summed E-state index contributed by atoms with van der Waals surface area (Å²) in [6, 6.07) is 0. The first-order valence-corrected chi connectivity index (χ1v) is 45.6. The van der Waals surface area contributed by atoms with Gasteiger partial charge in [-0.3, -0.25) is 37.3 Å². The predicted octanol–water partition coefficient (Wildman–Crippen LogP) is 24.8. The highest BCUT2D eigenvalue weighted by Crippen LogP contribution is 2.45. The van der Waals surface area contributed by atoms with Crippen LogP contribution in [0.3, 0.4) is 0 Å². The highest BCUT2D eigenvalue weighted by atomic mass is 31.2. The molecule has 0 fully saturated rings. The highest BCUT2D eigenvalue weighted by molar-refractivity contribution is 7.47. The Hall–Kier alpha value is -1.94. The van der Waals surface area contributed by atoms with Crippen molar-refractivity contribution in [3.05, 3.63) is 0 Å². The quantitative estimate of drug-likeness (QED) is 0.0222. The molecule has 0 aromatic heterocycles. The number of carbonyl (C=O) groups excluding carboxylic acids is 4. The molecule has 0 saturated carbocycles. The van der Waals surface area contributed by atoms with E-state index in [9.17, 15) is 43.2 Å². The maximum absolute atomic E-state index is 13.1. The summed E-state index contributed by atoms with van der Waals surface area (Å²) in [6.45, 7) is 7.37. The molecule has 101 heavy (non-hydrogen) atoms. The third-order valence-corrected chi connectivity index (χ3v) is 21.2. The third-order valence-electron chi connectivity index (χ3n) is 19.3. The van der Waals surface area contributed by atoms with Crippen LogP contribution in [0, 0.1) is 5.92 Å². The van der Waals surface area contributed by atoms with Crippen LogP contribution in [0.25, 0.3) is 0 Å². The second-order valence-corrected chi connectivity index (χ2v) is 32.9. The SMILES string of the molecule is CCCCCCCCCCCCCCCCCCC(=O)OC[C@H](COP(=O)(O)OC[C@@H](O)COP(=O)(O)OC[C@@H](COC(=O)CCCCCCCCCCCCC)OC(=O)CCCCCCCCCCCCCCCCCC)OC(=O)CCCCCCCCCCCCCCCCCC(C)C. The summed E-state index contributed by atoms with van der Waals surface area (Å²) >= 11 is 0. The smallest absolute Gasteiger partial charge is 0.462 e. The maximum atomic E-state index is 13.1. The summed E-state index contributed by atoms with van der Waals surface area (Å²) in [4.78, 5) is 73.1. The topological polar surface area (TPSA) is 237 Å². The molecule has 0 aliphatic rings. The van der Waals surface area contributed by atoms with Gasteiger partial charge in [0.2, 0.25) is 0 Å². The number of esters is 4. The zero-order chi connectivity index (χ0) is 74.1. The molecule has 3 N–H and O–H groups in total. The van der Waals surface area contributed by atoms with Gasteiger partial charge in [0.05, 0.1) is 26.4 Å². The number of phosphoric acid groups is 2. The fraction of sp³-hybridized carbons (Fsp3) is 0.951. The van der Waals surface area contributed by atoms with Crippen LogP contribution in [0.2, 0.25) is 0 Å². The van der Waals surface area contributed by atoms with Crippen molar-refractivity contribution in [2.24, 2.45) is 5.92 Å². The zero-order valence-corrected chi connectivity index (χ0v) is 67.8. The average Bonchev–Trinajstić information content (AvgIpc) is 0.941. The zero-order valence-electron chi connectivity index (χ0n) is 66.1. The van der Waals surface area contributed by atoms with Crippen molar-refractivity contribution in [3.63, 3.8) is 0 Å². The molecule has 0 aromatic carbocycles. The molecule has 0 radical (unpaired) electrons. The van der Waals surface area contributed by atoms with Crippen LogP contribution in [-0.2, 0) is 65.4 Å². The summed E-state index contributed by atoms with van der Waals surface area (Å²) in [6.07, 6.45) is 66.4. The Morgan fingerprint density at radius 2 is 0.455 bits per heavy atom. The number of carbonyl (C=O) groups is 4. The van der Waals surface area contributed by atoms with E-state index in [-0.39, 0.29) is 25.7 Å². The lowest BCUT2D eigenvalue weighted by Crippen LogP contribution is -2.30. The van der Waals surface area contributed by atoms with Crippen LogP contribution in [-0.4, -0.2) is 96.7 Å². The van der Waals surface area contributed by atoms with E-state index in [1.807, 2.05) is 0 Å². The molecule has 0 saturated heterocycles. The first-order valence-electron chi connectivity index (χ1n) is 42.6. The van der Waals surface area contributed by atoms with Crippen molar-refractivity contribution in [2.75, 3.05) is 39.6 Å². The number of unbranched alkanes of at least 4 members (excludes halogenated alkanes) is 54. The minimum Gasteiger partial charge on any atom is -0.462 e. The van der Waals surface area contributed by atoms with Gasteiger partial charge in [-0.15, -0.1) is 0 Å². The van der Waals surface area contributed by atoms with Crippen LogP contribution < -0.4 is 0 Å². The number of aliphatic hydroxyl groups excluding tert-OH is 1. The predicted molar refractivity (Wildman–Crippen MR) is 414 cm³/mol. The second kappa shape index (κ2) is 74.9. The summed E-state index contributed by atoms with van der Waals surface area (Å²) in [5.41, 5.74) is 0. The molecular weight excluding hydrogens is 1320 g/mol. The van der Waals surface area contributed by atoms with E-state index in [0.717, 1.165) is 95.8 Å². The van der Waals surface area contributed by atoms with Crippen LogP contribution in [0.4, 0.5) is 0 Å². The summed E-state index contributed by atoms with van der Waals surface area (Å²) in [5, 5.41) is 10.7. The summed E-state index contributed by atoms with van der Waals surface area (Å²) in [5.74, 6) is -1.30. The molecule has 0 bridgehead atoms. The van der Waals surface area contributed by atoms with E-state index in [2.05, 4.69) is 34.6 Å². The number of aliphatic hydroxyl groups is 1. The van der Waals surface area contributed by atoms with Gasteiger partial charge in [0, 0.05) is 25.7 Å². The maximum Gasteiger partial charge on any atom is 0.472 e. The molecule has 0 spiro atoms. The van der Waals surface area contributed by atoms with Crippen molar-refractivity contribution in [1.82, 2.24) is 0 Å². The van der Waals surface area contributed by atoms with Gasteiger partial charge < -0.3 is 33.8 Å². The van der Waals surface area contributed by atoms with E-state index in [4.69, 9.17) is 37.0 Å². The Morgan fingerprint density at radius 3 is 0.673 bits per heavy atom. The molecule has 0 amide bonds. The first-order chi connectivity index (χ1) is 49.0. The molecule has 0 heterocycles. The molecule has 2 unspecified atom stereocenters. The molecule has 0 aliphatic heterocycles. The Labute approximate surface area is 619 Å². The lowest BCUT2D eigenvalue weighted by atomic mass is 10.0. The van der Waals surface area contributed by atoms with Crippen molar-refractivity contribution in [2.45, 2.75) is 457 Å². The minimum atomic E-state index is -4.96. The number of ether oxygens (including phenoxy) is 4. The summed E-state index contributed by atoms with van der Waals surface area (Å²) < 4.78 is 68.8. The summed E-state index contributed by atoms with van der Waals surface area (Å²) in [7, 11) is -9.92. The fourth-order valence-corrected chi connectivity index (χ4v) is 14.3. The van der Waals surface area contributed by atoms with Gasteiger partial charge in [0.25, 0.3) is 0 Å². The van der Waals surface area contributed by atoms with Crippen LogP contribution in [0.5, 0.6) is 0 Å². The minimum absolute atomic E-state index is 0.109. The monoisotopic (exact) mass is 1480 g/mol. The molecular formula is C82H160O17P2. The lowest BCUT2D eigenvalue weighted by molar-refractivity contribution is -0.161. The number of hydrogen-bond acceptors (Lipinski definition) is 15. The van der Waals surface area contributed by atoms with Crippen molar-refractivity contribution < 1.29 is 80.2 Å². The van der Waals surface area contributed by atoms with Gasteiger partial charge in [-0.1, -0.05) is 388 Å².